The standard InChI is InChI=1S/C14H15BO2/c1-11-2-6-13(7-3-11)15(17)14-8-4-12(10-16)5-9-14/h2-9,16-17H,10H2,1H3. The van der Waals surface area contributed by atoms with Crippen LogP contribution in [-0.2, 0) is 6.61 Å². The van der Waals surface area contributed by atoms with E-state index in [4.69, 9.17) is 5.11 Å². The normalized spacial score (nSPS) is 10.3. The molecule has 0 aromatic heterocycles. The zero-order valence-electron chi connectivity index (χ0n) is 9.80. The Kier molecular flexibility index (Phi) is 3.62. The van der Waals surface area contributed by atoms with Crippen molar-refractivity contribution in [2.45, 2.75) is 13.5 Å². The number of aliphatic hydroxyl groups is 1. The third-order valence-corrected chi connectivity index (χ3v) is 2.87. The number of aliphatic hydroxyl groups excluding tert-OH is 1. The van der Waals surface area contributed by atoms with E-state index in [-0.39, 0.29) is 6.61 Å². The molecule has 0 unspecified atom stereocenters. The van der Waals surface area contributed by atoms with Gasteiger partial charge in [0.05, 0.1) is 6.61 Å². The van der Waals surface area contributed by atoms with Crippen LogP contribution in [0.15, 0.2) is 48.5 Å². The largest absolute Gasteiger partial charge is 0.443 e. The first kappa shape index (κ1) is 11.9. The van der Waals surface area contributed by atoms with E-state index < -0.39 is 6.92 Å². The van der Waals surface area contributed by atoms with Crippen molar-refractivity contribution in [2.24, 2.45) is 0 Å². The Morgan fingerprint density at radius 1 is 0.882 bits per heavy atom. The minimum Gasteiger partial charge on any atom is -0.443 e. The minimum atomic E-state index is -0.608. The van der Waals surface area contributed by atoms with Crippen LogP contribution in [0.3, 0.4) is 0 Å². The van der Waals surface area contributed by atoms with Crippen molar-refractivity contribution in [3.05, 3.63) is 59.7 Å². The van der Waals surface area contributed by atoms with Crippen LogP contribution in [0, 0.1) is 6.92 Å². The summed E-state index contributed by atoms with van der Waals surface area (Å²) in [4.78, 5) is 0. The second-order valence-corrected chi connectivity index (χ2v) is 4.21. The molecule has 3 heteroatoms. The van der Waals surface area contributed by atoms with E-state index in [0.717, 1.165) is 16.5 Å². The van der Waals surface area contributed by atoms with Gasteiger partial charge in [-0.3, -0.25) is 0 Å². The fraction of sp³-hybridized carbons (Fsp3) is 0.143. The molecule has 0 aliphatic rings. The maximum absolute atomic E-state index is 10.2. The average molecular weight is 226 g/mol. The van der Waals surface area contributed by atoms with Crippen molar-refractivity contribution < 1.29 is 10.1 Å². The summed E-state index contributed by atoms with van der Waals surface area (Å²) in [6.07, 6.45) is 0. The maximum atomic E-state index is 10.2. The lowest BCUT2D eigenvalue weighted by Crippen LogP contribution is -2.42. The SMILES string of the molecule is Cc1ccc(B(O)c2ccc(CO)cc2)cc1. The van der Waals surface area contributed by atoms with E-state index in [1.54, 1.807) is 0 Å². The Balaban J connectivity index is 2.23. The zero-order chi connectivity index (χ0) is 12.3. The summed E-state index contributed by atoms with van der Waals surface area (Å²) in [5.41, 5.74) is 3.75. The second-order valence-electron chi connectivity index (χ2n) is 4.21. The Morgan fingerprint density at radius 3 is 1.82 bits per heavy atom. The lowest BCUT2D eigenvalue weighted by Gasteiger charge is -2.08. The molecule has 0 spiro atoms. The van der Waals surface area contributed by atoms with Gasteiger partial charge in [0, 0.05) is 0 Å². The van der Waals surface area contributed by atoms with Gasteiger partial charge >= 0.3 is 6.92 Å². The van der Waals surface area contributed by atoms with Gasteiger partial charge in [0.2, 0.25) is 0 Å². The molecular formula is C14H15BO2. The first-order valence-electron chi connectivity index (χ1n) is 5.65. The van der Waals surface area contributed by atoms with Crippen molar-refractivity contribution >= 4 is 17.8 Å². The molecule has 2 aromatic carbocycles. The van der Waals surface area contributed by atoms with Gasteiger partial charge in [-0.25, -0.2) is 0 Å². The topological polar surface area (TPSA) is 40.5 Å². The molecular weight excluding hydrogens is 211 g/mol. The van der Waals surface area contributed by atoms with Crippen LogP contribution in [0.5, 0.6) is 0 Å². The van der Waals surface area contributed by atoms with E-state index in [0.29, 0.717) is 0 Å². The summed E-state index contributed by atoms with van der Waals surface area (Å²) in [6, 6.07) is 15.2. The summed E-state index contributed by atoms with van der Waals surface area (Å²) in [5, 5.41) is 19.1. The van der Waals surface area contributed by atoms with Gasteiger partial charge in [0.25, 0.3) is 0 Å². The lowest BCUT2D eigenvalue weighted by molar-refractivity contribution is 0.282. The summed E-state index contributed by atoms with van der Waals surface area (Å²) < 4.78 is 0. The molecule has 0 radical (unpaired) electrons. The van der Waals surface area contributed by atoms with Gasteiger partial charge in [-0.1, -0.05) is 54.1 Å². The summed E-state index contributed by atoms with van der Waals surface area (Å²) in [5.74, 6) is 0. The zero-order valence-corrected chi connectivity index (χ0v) is 9.80. The molecule has 2 N–H and O–H groups in total. The molecule has 17 heavy (non-hydrogen) atoms. The predicted octanol–water partition coefficient (Wildman–Crippen LogP) is 0.585. The molecule has 0 heterocycles. The van der Waals surface area contributed by atoms with E-state index in [9.17, 15) is 5.02 Å². The Labute approximate surface area is 102 Å². The highest BCUT2D eigenvalue weighted by molar-refractivity contribution is 6.78. The molecule has 0 saturated carbocycles. The van der Waals surface area contributed by atoms with Crippen LogP contribution in [0.25, 0.3) is 0 Å². The molecule has 86 valence electrons. The van der Waals surface area contributed by atoms with Crippen LogP contribution >= 0.6 is 0 Å². The number of hydrogen-bond acceptors (Lipinski definition) is 2. The van der Waals surface area contributed by atoms with Gasteiger partial charge < -0.3 is 10.1 Å². The fourth-order valence-electron chi connectivity index (χ4n) is 1.75. The minimum absolute atomic E-state index is 0.0287. The van der Waals surface area contributed by atoms with Crippen molar-refractivity contribution in [1.29, 1.82) is 0 Å². The van der Waals surface area contributed by atoms with Crippen LogP contribution < -0.4 is 10.9 Å². The van der Waals surface area contributed by atoms with Crippen LogP contribution in [0.2, 0.25) is 0 Å². The molecule has 2 aromatic rings. The molecule has 0 fully saturated rings. The number of benzene rings is 2. The van der Waals surface area contributed by atoms with Gasteiger partial charge in [-0.15, -0.1) is 0 Å². The third-order valence-electron chi connectivity index (χ3n) is 2.87. The van der Waals surface area contributed by atoms with Crippen molar-refractivity contribution in [3.8, 4) is 0 Å². The van der Waals surface area contributed by atoms with Gasteiger partial charge in [0.1, 0.15) is 0 Å². The molecule has 0 aliphatic carbocycles. The summed E-state index contributed by atoms with van der Waals surface area (Å²) in [6.45, 7) is 1.44. The van der Waals surface area contributed by atoms with Gasteiger partial charge in [-0.2, -0.15) is 0 Å². The number of hydrogen-bond donors (Lipinski definition) is 2. The predicted molar refractivity (Wildman–Crippen MR) is 70.8 cm³/mol. The van der Waals surface area contributed by atoms with Crippen molar-refractivity contribution in [1.82, 2.24) is 0 Å². The fourth-order valence-corrected chi connectivity index (χ4v) is 1.75. The highest BCUT2D eigenvalue weighted by Crippen LogP contribution is 1.98. The van der Waals surface area contributed by atoms with Crippen molar-refractivity contribution in [3.63, 3.8) is 0 Å². The van der Waals surface area contributed by atoms with E-state index >= 15 is 0 Å². The Bertz CT molecular complexity index is 477. The highest BCUT2D eigenvalue weighted by Gasteiger charge is 2.16. The van der Waals surface area contributed by atoms with Crippen LogP contribution in [0.1, 0.15) is 11.1 Å². The Morgan fingerprint density at radius 2 is 1.35 bits per heavy atom. The van der Waals surface area contributed by atoms with Crippen LogP contribution in [-0.4, -0.2) is 17.0 Å². The number of aryl methyl sites for hydroxylation is 1. The number of rotatable bonds is 3. The van der Waals surface area contributed by atoms with Crippen molar-refractivity contribution in [2.75, 3.05) is 0 Å². The van der Waals surface area contributed by atoms with E-state index in [1.807, 2.05) is 55.5 Å². The maximum Gasteiger partial charge on any atom is 0.358 e. The van der Waals surface area contributed by atoms with Crippen LogP contribution in [0.4, 0.5) is 0 Å². The summed E-state index contributed by atoms with van der Waals surface area (Å²) in [7, 11) is 0. The molecule has 0 amide bonds. The average Bonchev–Trinajstić information content (AvgIpc) is 2.39. The first-order chi connectivity index (χ1) is 8.20. The monoisotopic (exact) mass is 226 g/mol. The molecule has 0 saturated heterocycles. The molecule has 0 aliphatic heterocycles. The molecule has 0 bridgehead atoms. The third kappa shape index (κ3) is 2.76. The van der Waals surface area contributed by atoms with E-state index in [1.165, 1.54) is 5.56 Å². The molecule has 0 atom stereocenters. The van der Waals surface area contributed by atoms with Gasteiger partial charge in [0.15, 0.2) is 0 Å². The van der Waals surface area contributed by atoms with E-state index in [2.05, 4.69) is 0 Å². The quantitative estimate of drug-likeness (QED) is 0.752. The highest BCUT2D eigenvalue weighted by atomic mass is 16.3. The second kappa shape index (κ2) is 5.17. The smallest absolute Gasteiger partial charge is 0.358 e. The first-order valence-corrected chi connectivity index (χ1v) is 5.65. The lowest BCUT2D eigenvalue weighted by atomic mass is 9.56. The summed E-state index contributed by atoms with van der Waals surface area (Å²) >= 11 is 0. The molecule has 2 rings (SSSR count). The van der Waals surface area contributed by atoms with Gasteiger partial charge in [-0.05, 0) is 23.4 Å². The molecule has 2 nitrogen and oxygen atoms in total. The Hall–Kier alpha value is -1.58.